The number of carbonyl (C=O) groups excluding carboxylic acids is 1. The van der Waals surface area contributed by atoms with Crippen molar-refractivity contribution < 1.29 is 22.8 Å². The lowest BCUT2D eigenvalue weighted by atomic mass is 10.2. The molecule has 1 aromatic rings. The van der Waals surface area contributed by atoms with Gasteiger partial charge in [-0.05, 0) is 43.8 Å². The average molecular weight is 306 g/mol. The number of Topliss-reactive ketones (excluding diaryl/α,β-unsaturated/α-hetero) is 1. The Morgan fingerprint density at radius 1 is 1.37 bits per heavy atom. The largest absolute Gasteiger partial charge is 0.461 e. The number of hydrogen-bond donors (Lipinski definition) is 0. The minimum atomic E-state index is -3.06. The number of furan rings is 1. The molecule has 108 valence electrons. The van der Waals surface area contributed by atoms with E-state index in [0.717, 1.165) is 11.4 Å². The molecule has 0 bridgehead atoms. The van der Waals surface area contributed by atoms with Gasteiger partial charge in [0.05, 0.1) is 19.5 Å². The smallest absolute Gasteiger partial charge is 0.389 e. The van der Waals surface area contributed by atoms with Crippen molar-refractivity contribution in [2.45, 2.75) is 26.7 Å². The molecule has 0 radical (unpaired) electrons. The minimum absolute atomic E-state index is 0.0479. The summed E-state index contributed by atoms with van der Waals surface area (Å²) in [6.45, 7) is 1.17. The van der Waals surface area contributed by atoms with Gasteiger partial charge in [0.1, 0.15) is 0 Å². The van der Waals surface area contributed by atoms with Gasteiger partial charge in [0.2, 0.25) is 0 Å². The summed E-state index contributed by atoms with van der Waals surface area (Å²) in [5.74, 6) is 0.861. The zero-order valence-electron chi connectivity index (χ0n) is 11.2. The molecule has 0 saturated heterocycles. The first-order valence-electron chi connectivity index (χ1n) is 6.21. The van der Waals surface area contributed by atoms with Crippen molar-refractivity contribution in [1.29, 1.82) is 0 Å². The molecule has 7 heteroatoms. The van der Waals surface area contributed by atoms with Crippen LogP contribution in [0.5, 0.6) is 0 Å². The molecule has 0 saturated carbocycles. The monoisotopic (exact) mass is 306 g/mol. The van der Waals surface area contributed by atoms with Gasteiger partial charge in [-0.15, -0.1) is 0 Å². The molecule has 1 heterocycles. The van der Waals surface area contributed by atoms with Crippen LogP contribution in [0, 0.1) is 0 Å². The van der Waals surface area contributed by atoms with Gasteiger partial charge in [-0.2, -0.15) is 0 Å². The highest BCUT2D eigenvalue weighted by Gasteiger charge is 2.24. The molecule has 0 spiro atoms. The fourth-order valence-corrected chi connectivity index (χ4v) is 4.89. The Bertz CT molecular complexity index is 408. The highest BCUT2D eigenvalue weighted by molar-refractivity contribution is 8.55. The van der Waals surface area contributed by atoms with E-state index < -0.39 is 6.80 Å². The Kier molecular flexibility index (Phi) is 7.46. The van der Waals surface area contributed by atoms with Crippen LogP contribution in [0.4, 0.5) is 0 Å². The third-order valence-corrected chi connectivity index (χ3v) is 6.23. The van der Waals surface area contributed by atoms with Crippen molar-refractivity contribution in [3.8, 4) is 0 Å². The second-order valence-electron chi connectivity index (χ2n) is 3.62. The zero-order valence-corrected chi connectivity index (χ0v) is 12.9. The van der Waals surface area contributed by atoms with Crippen LogP contribution in [0.1, 0.15) is 37.2 Å². The summed E-state index contributed by atoms with van der Waals surface area (Å²) in [6.07, 6.45) is 2.44. The molecule has 0 aromatic carbocycles. The van der Waals surface area contributed by atoms with E-state index in [1.165, 1.54) is 6.26 Å². The lowest BCUT2D eigenvalue weighted by Crippen LogP contribution is -1.98. The summed E-state index contributed by atoms with van der Waals surface area (Å²) >= 11 is 1.14. The molecule has 5 nitrogen and oxygen atoms in total. The number of rotatable bonds is 10. The van der Waals surface area contributed by atoms with Gasteiger partial charge in [0.25, 0.3) is 0 Å². The molecule has 0 aliphatic heterocycles. The normalized spacial score (nSPS) is 11.7. The maximum atomic E-state index is 12.1. The first kappa shape index (κ1) is 16.5. The van der Waals surface area contributed by atoms with Crippen LogP contribution in [-0.4, -0.2) is 24.7 Å². The number of carbonyl (C=O) groups is 1. The zero-order chi connectivity index (χ0) is 14.1. The van der Waals surface area contributed by atoms with Crippen molar-refractivity contribution in [3.05, 3.63) is 24.2 Å². The summed E-state index contributed by atoms with van der Waals surface area (Å²) in [5.41, 5.74) is 0. The van der Waals surface area contributed by atoms with E-state index >= 15 is 0 Å². The summed E-state index contributed by atoms with van der Waals surface area (Å²) in [6, 6.07) is 3.32. The van der Waals surface area contributed by atoms with Gasteiger partial charge < -0.3 is 13.5 Å². The Hall–Kier alpha value is -0.550. The molecular weight excluding hydrogens is 287 g/mol. The van der Waals surface area contributed by atoms with Crippen LogP contribution in [0.2, 0.25) is 0 Å². The van der Waals surface area contributed by atoms with Gasteiger partial charge in [0, 0.05) is 12.2 Å². The van der Waals surface area contributed by atoms with E-state index in [2.05, 4.69) is 0 Å². The second kappa shape index (κ2) is 8.59. The molecule has 0 atom stereocenters. The van der Waals surface area contributed by atoms with Gasteiger partial charge in [-0.1, -0.05) is 0 Å². The third kappa shape index (κ3) is 5.95. The van der Waals surface area contributed by atoms with Crippen molar-refractivity contribution in [2.75, 3.05) is 19.0 Å². The maximum Gasteiger partial charge on any atom is 0.389 e. The van der Waals surface area contributed by atoms with E-state index in [0.29, 0.717) is 37.6 Å². The van der Waals surface area contributed by atoms with Crippen molar-refractivity contribution in [2.24, 2.45) is 0 Å². The maximum absolute atomic E-state index is 12.1. The molecule has 0 unspecified atom stereocenters. The molecule has 0 aliphatic rings. The van der Waals surface area contributed by atoms with E-state index in [4.69, 9.17) is 13.5 Å². The topological polar surface area (TPSA) is 65.7 Å². The Labute approximate surface area is 117 Å². The lowest BCUT2D eigenvalue weighted by molar-refractivity contribution is 0.0955. The second-order valence-corrected chi connectivity index (χ2v) is 7.81. The van der Waals surface area contributed by atoms with Gasteiger partial charge >= 0.3 is 6.80 Å². The fraction of sp³-hybridized carbons (Fsp3) is 0.583. The molecule has 0 amide bonds. The van der Waals surface area contributed by atoms with E-state index in [1.54, 1.807) is 26.0 Å². The number of ketones is 1. The molecule has 1 rings (SSSR count). The van der Waals surface area contributed by atoms with Crippen LogP contribution in [-0.2, 0) is 13.6 Å². The van der Waals surface area contributed by atoms with Crippen molar-refractivity contribution in [1.82, 2.24) is 0 Å². The SMILES string of the molecule is CCOP(=O)(OCC)SCCCC(=O)c1ccco1. The van der Waals surface area contributed by atoms with Gasteiger partial charge in [-0.25, -0.2) is 4.57 Å². The fourth-order valence-electron chi connectivity index (χ4n) is 1.40. The average Bonchev–Trinajstić information content (AvgIpc) is 2.89. The van der Waals surface area contributed by atoms with Crippen molar-refractivity contribution in [3.63, 3.8) is 0 Å². The van der Waals surface area contributed by atoms with Crippen LogP contribution >= 0.6 is 18.2 Å². The molecule has 0 fully saturated rings. The standard InChI is InChI=1S/C12H19O5PS/c1-3-16-18(14,17-4-2)19-10-6-7-11(13)12-8-5-9-15-12/h5,8-9H,3-4,6-7,10H2,1-2H3. The van der Waals surface area contributed by atoms with Crippen LogP contribution in [0.3, 0.4) is 0 Å². The van der Waals surface area contributed by atoms with Crippen LogP contribution in [0.15, 0.2) is 22.8 Å². The minimum Gasteiger partial charge on any atom is -0.461 e. The lowest BCUT2D eigenvalue weighted by Gasteiger charge is -2.15. The molecular formula is C12H19O5PS. The van der Waals surface area contributed by atoms with E-state index in [1.807, 2.05) is 0 Å². The Morgan fingerprint density at radius 2 is 2.05 bits per heavy atom. The predicted molar refractivity (Wildman–Crippen MR) is 75.6 cm³/mol. The summed E-state index contributed by atoms with van der Waals surface area (Å²) in [5, 5.41) is 0. The quantitative estimate of drug-likeness (QED) is 0.367. The summed E-state index contributed by atoms with van der Waals surface area (Å²) < 4.78 is 27.4. The molecule has 0 aliphatic carbocycles. The third-order valence-electron chi connectivity index (χ3n) is 2.17. The van der Waals surface area contributed by atoms with Gasteiger partial charge in [0.15, 0.2) is 11.5 Å². The first-order valence-corrected chi connectivity index (χ1v) is 9.35. The Morgan fingerprint density at radius 3 is 2.58 bits per heavy atom. The summed E-state index contributed by atoms with van der Waals surface area (Å²) in [7, 11) is 0. The van der Waals surface area contributed by atoms with Gasteiger partial charge in [-0.3, -0.25) is 4.79 Å². The molecule has 19 heavy (non-hydrogen) atoms. The van der Waals surface area contributed by atoms with E-state index in [9.17, 15) is 9.36 Å². The van der Waals surface area contributed by atoms with Crippen LogP contribution < -0.4 is 0 Å². The summed E-state index contributed by atoms with van der Waals surface area (Å²) in [4.78, 5) is 11.6. The first-order chi connectivity index (χ1) is 9.11. The highest BCUT2D eigenvalue weighted by Crippen LogP contribution is 2.60. The van der Waals surface area contributed by atoms with Crippen molar-refractivity contribution >= 4 is 24.0 Å². The molecule has 1 aromatic heterocycles. The number of hydrogen-bond acceptors (Lipinski definition) is 6. The Balaban J connectivity index is 2.29. The van der Waals surface area contributed by atoms with Crippen LogP contribution in [0.25, 0.3) is 0 Å². The van der Waals surface area contributed by atoms with E-state index in [-0.39, 0.29) is 5.78 Å². The predicted octanol–water partition coefficient (Wildman–Crippen LogP) is 4.16. The highest BCUT2D eigenvalue weighted by atomic mass is 32.7. The molecule has 0 N–H and O–H groups in total.